The summed E-state index contributed by atoms with van der Waals surface area (Å²) in [5, 5.41) is 31.2. The van der Waals surface area contributed by atoms with Gasteiger partial charge in [0, 0.05) is 6.92 Å². The van der Waals surface area contributed by atoms with Gasteiger partial charge < -0.3 is 24.8 Å². The van der Waals surface area contributed by atoms with E-state index in [1.165, 1.54) is 19.8 Å². The highest BCUT2D eigenvalue weighted by Crippen LogP contribution is 2.66. The first-order valence-corrected chi connectivity index (χ1v) is 10.7. The average molecular weight is 399 g/mol. The Labute approximate surface area is 168 Å². The number of carbonyl (C=O) groups excluding carboxylic acids is 1. The van der Waals surface area contributed by atoms with Crippen molar-refractivity contribution in [1.29, 1.82) is 0 Å². The van der Waals surface area contributed by atoms with Gasteiger partial charge in [0.25, 0.3) is 0 Å². The van der Waals surface area contributed by atoms with Crippen molar-refractivity contribution in [2.75, 3.05) is 13.2 Å². The second kappa shape index (κ2) is 7.22. The van der Waals surface area contributed by atoms with Crippen LogP contribution in [-0.2, 0) is 14.3 Å². The first-order chi connectivity index (χ1) is 12.9. The summed E-state index contributed by atoms with van der Waals surface area (Å²) in [4.78, 5) is 11.3. The molecule has 6 heteroatoms. The van der Waals surface area contributed by atoms with Crippen LogP contribution in [0.15, 0.2) is 0 Å². The Balaban J connectivity index is 1.91. The molecule has 0 aromatic heterocycles. The molecule has 0 amide bonds. The third kappa shape index (κ3) is 3.40. The lowest BCUT2D eigenvalue weighted by Gasteiger charge is -2.60. The van der Waals surface area contributed by atoms with Crippen molar-refractivity contribution < 1.29 is 29.6 Å². The largest absolute Gasteiger partial charge is 0.463 e. The molecular formula is C22H38O6. The minimum Gasteiger partial charge on any atom is -0.463 e. The van der Waals surface area contributed by atoms with Crippen LogP contribution in [0.4, 0.5) is 0 Å². The van der Waals surface area contributed by atoms with E-state index in [2.05, 4.69) is 27.7 Å². The number of carbonyl (C=O) groups is 1. The van der Waals surface area contributed by atoms with Crippen molar-refractivity contribution in [2.45, 2.75) is 96.6 Å². The third-order valence-electron chi connectivity index (χ3n) is 8.41. The van der Waals surface area contributed by atoms with Crippen molar-refractivity contribution in [3.63, 3.8) is 0 Å². The van der Waals surface area contributed by atoms with E-state index in [9.17, 15) is 20.1 Å². The van der Waals surface area contributed by atoms with Crippen LogP contribution in [0.5, 0.6) is 0 Å². The van der Waals surface area contributed by atoms with Crippen LogP contribution < -0.4 is 0 Å². The SMILES string of the molecule is CC(=O)OC[C@](O)(C(O)CO)[C@@H]1C[C@@H]2[C@@]3(C)CCCC(C)(C)[C@@H]3CC[C@@]2(C)O1. The quantitative estimate of drug-likeness (QED) is 0.616. The predicted molar refractivity (Wildman–Crippen MR) is 105 cm³/mol. The van der Waals surface area contributed by atoms with Crippen molar-refractivity contribution in [2.24, 2.45) is 22.7 Å². The van der Waals surface area contributed by atoms with E-state index in [1.807, 2.05) is 0 Å². The highest BCUT2D eigenvalue weighted by Gasteiger charge is 2.65. The third-order valence-corrected chi connectivity index (χ3v) is 8.41. The van der Waals surface area contributed by atoms with Gasteiger partial charge in [0.05, 0.1) is 18.3 Å². The molecule has 1 aliphatic heterocycles. The summed E-state index contributed by atoms with van der Waals surface area (Å²) < 4.78 is 11.5. The first kappa shape index (κ1) is 22.0. The maximum Gasteiger partial charge on any atom is 0.302 e. The van der Waals surface area contributed by atoms with Crippen molar-refractivity contribution >= 4 is 5.97 Å². The fourth-order valence-corrected chi connectivity index (χ4v) is 6.94. The molecule has 0 aromatic rings. The molecule has 7 atom stereocenters. The van der Waals surface area contributed by atoms with Gasteiger partial charge in [-0.05, 0) is 61.7 Å². The Hall–Kier alpha value is -0.690. The molecule has 1 saturated heterocycles. The second-order valence-corrected chi connectivity index (χ2v) is 10.6. The second-order valence-electron chi connectivity index (χ2n) is 10.6. The Morgan fingerprint density at radius 3 is 2.50 bits per heavy atom. The van der Waals surface area contributed by atoms with Gasteiger partial charge in [-0.2, -0.15) is 0 Å². The molecule has 2 saturated carbocycles. The smallest absolute Gasteiger partial charge is 0.302 e. The van der Waals surface area contributed by atoms with Crippen LogP contribution in [-0.4, -0.2) is 57.9 Å². The van der Waals surface area contributed by atoms with Gasteiger partial charge >= 0.3 is 5.97 Å². The standard InChI is InChI=1S/C22H38O6/c1-14(24)27-13-22(26,17(25)12-23)18-11-16-20(4)9-6-8-19(2,3)15(20)7-10-21(16,5)28-18/h15-18,23,25-26H,6-13H2,1-5H3/t15-,16+,17?,18-,20-,21+,22-/m0/s1. The van der Waals surface area contributed by atoms with E-state index in [-0.39, 0.29) is 29.0 Å². The van der Waals surface area contributed by atoms with Crippen molar-refractivity contribution in [3.8, 4) is 0 Å². The van der Waals surface area contributed by atoms with Crippen LogP contribution in [0.2, 0.25) is 0 Å². The molecule has 162 valence electrons. The van der Waals surface area contributed by atoms with Crippen molar-refractivity contribution in [1.82, 2.24) is 0 Å². The number of fused-ring (bicyclic) bond motifs is 3. The zero-order chi connectivity index (χ0) is 21.0. The summed E-state index contributed by atoms with van der Waals surface area (Å²) in [6.45, 7) is 9.50. The molecule has 28 heavy (non-hydrogen) atoms. The van der Waals surface area contributed by atoms with Crippen molar-refractivity contribution in [3.05, 3.63) is 0 Å². The molecular weight excluding hydrogens is 360 g/mol. The lowest BCUT2D eigenvalue weighted by Crippen LogP contribution is -2.57. The Kier molecular flexibility index (Phi) is 5.68. The number of hydrogen-bond donors (Lipinski definition) is 3. The molecule has 0 spiro atoms. The van der Waals surface area contributed by atoms with E-state index >= 15 is 0 Å². The molecule has 0 bridgehead atoms. The Bertz CT molecular complexity index is 606. The molecule has 3 rings (SSSR count). The van der Waals surface area contributed by atoms with Crippen LogP contribution in [0, 0.1) is 22.7 Å². The summed E-state index contributed by atoms with van der Waals surface area (Å²) >= 11 is 0. The van der Waals surface area contributed by atoms with Crippen LogP contribution in [0.25, 0.3) is 0 Å². The maximum atomic E-state index is 11.3. The van der Waals surface area contributed by atoms with E-state index in [0.717, 1.165) is 19.3 Å². The zero-order valence-corrected chi connectivity index (χ0v) is 18.0. The maximum absolute atomic E-state index is 11.3. The highest BCUT2D eigenvalue weighted by molar-refractivity contribution is 5.66. The van der Waals surface area contributed by atoms with Gasteiger partial charge in [0.15, 0.2) is 5.60 Å². The lowest BCUT2D eigenvalue weighted by atomic mass is 9.45. The minimum atomic E-state index is -1.82. The molecule has 6 nitrogen and oxygen atoms in total. The molecule has 3 aliphatic rings. The number of ether oxygens (including phenoxy) is 2. The summed E-state index contributed by atoms with van der Waals surface area (Å²) in [5.41, 5.74) is -1.82. The van der Waals surface area contributed by atoms with Gasteiger partial charge in [0.2, 0.25) is 0 Å². The fourth-order valence-electron chi connectivity index (χ4n) is 6.94. The fraction of sp³-hybridized carbons (Fsp3) is 0.955. The van der Waals surface area contributed by atoms with E-state index in [0.29, 0.717) is 12.3 Å². The molecule has 1 unspecified atom stereocenters. The van der Waals surface area contributed by atoms with Gasteiger partial charge in [0.1, 0.15) is 12.7 Å². The monoisotopic (exact) mass is 398 g/mol. The average Bonchev–Trinajstić information content (AvgIpc) is 2.97. The molecule has 1 heterocycles. The summed E-state index contributed by atoms with van der Waals surface area (Å²) in [7, 11) is 0. The lowest BCUT2D eigenvalue weighted by molar-refractivity contribution is -0.217. The summed E-state index contributed by atoms with van der Waals surface area (Å²) in [5.74, 6) is 0.308. The number of rotatable bonds is 5. The normalized spacial score (nSPS) is 42.8. The zero-order valence-electron chi connectivity index (χ0n) is 18.0. The van der Waals surface area contributed by atoms with Gasteiger partial charge in [-0.25, -0.2) is 0 Å². The molecule has 0 aromatic carbocycles. The highest BCUT2D eigenvalue weighted by atomic mass is 16.6. The first-order valence-electron chi connectivity index (χ1n) is 10.7. The van der Waals surface area contributed by atoms with Gasteiger partial charge in [-0.15, -0.1) is 0 Å². The van der Waals surface area contributed by atoms with Gasteiger partial charge in [-0.1, -0.05) is 27.2 Å². The number of aliphatic hydroxyl groups excluding tert-OH is 2. The predicted octanol–water partition coefficient (Wildman–Crippen LogP) is 2.42. The van der Waals surface area contributed by atoms with E-state index < -0.39 is 30.4 Å². The van der Waals surface area contributed by atoms with E-state index in [4.69, 9.17) is 9.47 Å². The Morgan fingerprint density at radius 1 is 1.21 bits per heavy atom. The topological polar surface area (TPSA) is 96.2 Å². The molecule has 0 radical (unpaired) electrons. The van der Waals surface area contributed by atoms with Crippen LogP contribution >= 0.6 is 0 Å². The minimum absolute atomic E-state index is 0.107. The summed E-state index contributed by atoms with van der Waals surface area (Å²) in [6.07, 6.45) is 4.04. The van der Waals surface area contributed by atoms with E-state index in [1.54, 1.807) is 0 Å². The van der Waals surface area contributed by atoms with Gasteiger partial charge in [-0.3, -0.25) is 4.79 Å². The molecule has 2 aliphatic carbocycles. The Morgan fingerprint density at radius 2 is 1.89 bits per heavy atom. The number of esters is 1. The van der Waals surface area contributed by atoms with Crippen LogP contribution in [0.3, 0.4) is 0 Å². The number of aliphatic hydroxyl groups is 3. The molecule has 3 fully saturated rings. The number of hydrogen-bond acceptors (Lipinski definition) is 6. The van der Waals surface area contributed by atoms with Crippen LogP contribution in [0.1, 0.15) is 73.1 Å². The molecule has 3 N–H and O–H groups in total. The summed E-state index contributed by atoms with van der Waals surface area (Å²) in [6, 6.07) is 0.